The number of hydrogen-bond acceptors (Lipinski definition) is 4. The summed E-state index contributed by atoms with van der Waals surface area (Å²) in [6, 6.07) is 5.00. The molecule has 24 heavy (non-hydrogen) atoms. The maximum Gasteiger partial charge on any atom is 0.246 e. The molecule has 134 valence electrons. The highest BCUT2D eigenvalue weighted by molar-refractivity contribution is 5.77. The zero-order chi connectivity index (χ0) is 17.7. The molecule has 0 aliphatic carbocycles. The third-order valence-corrected chi connectivity index (χ3v) is 3.94. The second-order valence-corrected chi connectivity index (χ2v) is 7.18. The predicted octanol–water partition coefficient (Wildman–Crippen LogP) is 2.22. The number of anilines is 1. The summed E-state index contributed by atoms with van der Waals surface area (Å²) in [5, 5.41) is 12.3. The van der Waals surface area contributed by atoms with Crippen molar-refractivity contribution in [2.45, 2.75) is 51.9 Å². The van der Waals surface area contributed by atoms with Crippen molar-refractivity contribution in [1.82, 2.24) is 5.32 Å². The number of aliphatic hydroxyl groups is 1. The van der Waals surface area contributed by atoms with E-state index in [9.17, 15) is 14.3 Å². The number of carbonyl (C=O) groups is 1. The fourth-order valence-corrected chi connectivity index (χ4v) is 2.56. The molecule has 0 spiro atoms. The Balaban J connectivity index is 1.87. The molecule has 1 saturated heterocycles. The highest BCUT2D eigenvalue weighted by Crippen LogP contribution is 2.24. The van der Waals surface area contributed by atoms with Crippen LogP contribution >= 0.6 is 0 Å². The molecule has 1 aromatic carbocycles. The van der Waals surface area contributed by atoms with Gasteiger partial charge < -0.3 is 20.1 Å². The van der Waals surface area contributed by atoms with Crippen LogP contribution in [0.25, 0.3) is 0 Å². The molecule has 0 atom stereocenters. The van der Waals surface area contributed by atoms with Crippen LogP contribution < -0.4 is 10.2 Å². The Hall–Kier alpha value is -1.66. The first-order chi connectivity index (χ1) is 11.2. The molecular weight excluding hydrogens is 311 g/mol. The van der Waals surface area contributed by atoms with Gasteiger partial charge in [0.1, 0.15) is 12.4 Å². The lowest BCUT2D eigenvalue weighted by Crippen LogP contribution is -2.36. The third-order valence-electron chi connectivity index (χ3n) is 3.94. The van der Waals surface area contributed by atoms with E-state index >= 15 is 0 Å². The summed E-state index contributed by atoms with van der Waals surface area (Å²) in [4.78, 5) is 13.7. The molecule has 1 aromatic rings. The lowest BCUT2D eigenvalue weighted by molar-refractivity contribution is -0.130. The molecule has 0 unspecified atom stereocenters. The SMILES string of the molecule is CC(C)(C)OCC(=O)NCc1ccc(N2CCC(O)CC2)c(F)c1. The van der Waals surface area contributed by atoms with Crippen LogP contribution in [0.15, 0.2) is 18.2 Å². The molecule has 1 amide bonds. The molecule has 1 heterocycles. The molecule has 6 heteroatoms. The number of nitrogens with one attached hydrogen (secondary N) is 1. The summed E-state index contributed by atoms with van der Waals surface area (Å²) in [6.45, 7) is 7.20. The first-order valence-corrected chi connectivity index (χ1v) is 8.37. The smallest absolute Gasteiger partial charge is 0.246 e. The summed E-state index contributed by atoms with van der Waals surface area (Å²) in [6.07, 6.45) is 1.03. The predicted molar refractivity (Wildman–Crippen MR) is 91.4 cm³/mol. The van der Waals surface area contributed by atoms with Gasteiger partial charge in [-0.3, -0.25) is 4.79 Å². The number of benzene rings is 1. The van der Waals surface area contributed by atoms with Crippen LogP contribution in [0.3, 0.4) is 0 Å². The number of piperidine rings is 1. The van der Waals surface area contributed by atoms with Crippen molar-refractivity contribution in [2.75, 3.05) is 24.6 Å². The van der Waals surface area contributed by atoms with E-state index in [1.165, 1.54) is 6.07 Å². The van der Waals surface area contributed by atoms with E-state index < -0.39 is 0 Å². The number of amides is 1. The molecule has 1 aliphatic rings. The van der Waals surface area contributed by atoms with Gasteiger partial charge in [0.05, 0.1) is 17.4 Å². The van der Waals surface area contributed by atoms with Crippen LogP contribution in [-0.4, -0.2) is 42.4 Å². The fraction of sp³-hybridized carbons (Fsp3) is 0.611. The van der Waals surface area contributed by atoms with Crippen molar-refractivity contribution in [3.05, 3.63) is 29.6 Å². The van der Waals surface area contributed by atoms with Crippen LogP contribution in [0.2, 0.25) is 0 Å². The monoisotopic (exact) mass is 338 g/mol. The summed E-state index contributed by atoms with van der Waals surface area (Å²) in [5.41, 5.74) is 0.887. The standard InChI is InChI=1S/C18H27FN2O3/c1-18(2,3)24-12-17(23)20-11-13-4-5-16(15(19)10-13)21-8-6-14(22)7-9-21/h4-5,10,14,22H,6-9,11-12H2,1-3H3,(H,20,23). The molecule has 5 nitrogen and oxygen atoms in total. The van der Waals surface area contributed by atoms with E-state index in [0.29, 0.717) is 37.2 Å². The Kier molecular flexibility index (Phi) is 6.18. The molecule has 2 N–H and O–H groups in total. The van der Waals surface area contributed by atoms with E-state index in [4.69, 9.17) is 4.74 Å². The quantitative estimate of drug-likeness (QED) is 0.864. The molecule has 2 rings (SSSR count). The molecule has 0 radical (unpaired) electrons. The summed E-state index contributed by atoms with van der Waals surface area (Å²) < 4.78 is 19.7. The van der Waals surface area contributed by atoms with Crippen molar-refractivity contribution >= 4 is 11.6 Å². The highest BCUT2D eigenvalue weighted by Gasteiger charge is 2.20. The minimum Gasteiger partial charge on any atom is -0.393 e. The van der Waals surface area contributed by atoms with Gasteiger partial charge in [-0.2, -0.15) is 0 Å². The average molecular weight is 338 g/mol. The minimum atomic E-state index is -0.368. The Bertz CT molecular complexity index is 564. The van der Waals surface area contributed by atoms with Crippen LogP contribution in [0.1, 0.15) is 39.2 Å². The molecule has 1 aliphatic heterocycles. The van der Waals surface area contributed by atoms with E-state index in [0.717, 1.165) is 0 Å². The van der Waals surface area contributed by atoms with Crippen LogP contribution in [0.4, 0.5) is 10.1 Å². The van der Waals surface area contributed by atoms with Gasteiger partial charge in [0.25, 0.3) is 0 Å². The number of aliphatic hydroxyl groups excluding tert-OH is 1. The molecule has 1 fully saturated rings. The van der Waals surface area contributed by atoms with Gasteiger partial charge in [0, 0.05) is 19.6 Å². The van der Waals surface area contributed by atoms with Crippen LogP contribution in [0, 0.1) is 5.82 Å². The van der Waals surface area contributed by atoms with Gasteiger partial charge in [-0.25, -0.2) is 4.39 Å². The molecule has 0 saturated carbocycles. The number of ether oxygens (including phenoxy) is 1. The fourth-order valence-electron chi connectivity index (χ4n) is 2.56. The van der Waals surface area contributed by atoms with Gasteiger partial charge in [-0.1, -0.05) is 6.07 Å². The summed E-state index contributed by atoms with van der Waals surface area (Å²) in [5.74, 6) is -0.525. The Morgan fingerprint density at radius 1 is 1.38 bits per heavy atom. The largest absolute Gasteiger partial charge is 0.393 e. The first kappa shape index (κ1) is 18.7. The first-order valence-electron chi connectivity index (χ1n) is 8.37. The van der Waals surface area contributed by atoms with Gasteiger partial charge in [-0.05, 0) is 51.3 Å². The zero-order valence-electron chi connectivity index (χ0n) is 14.6. The minimum absolute atomic E-state index is 0.0137. The summed E-state index contributed by atoms with van der Waals surface area (Å²) >= 11 is 0. The van der Waals surface area contributed by atoms with Crippen molar-refractivity contribution < 1.29 is 19.0 Å². The van der Waals surface area contributed by atoms with Crippen LogP contribution in [0.5, 0.6) is 0 Å². The Morgan fingerprint density at radius 3 is 2.62 bits per heavy atom. The molecular formula is C18H27FN2O3. The van der Waals surface area contributed by atoms with Crippen molar-refractivity contribution in [3.63, 3.8) is 0 Å². The number of halogens is 1. The lowest BCUT2D eigenvalue weighted by Gasteiger charge is -2.31. The van der Waals surface area contributed by atoms with E-state index in [1.54, 1.807) is 6.07 Å². The van der Waals surface area contributed by atoms with E-state index in [1.807, 2.05) is 31.7 Å². The maximum absolute atomic E-state index is 14.3. The van der Waals surface area contributed by atoms with Gasteiger partial charge >= 0.3 is 0 Å². The van der Waals surface area contributed by atoms with Crippen molar-refractivity contribution in [3.8, 4) is 0 Å². The Labute approximate surface area is 142 Å². The topological polar surface area (TPSA) is 61.8 Å². The third kappa shape index (κ3) is 5.76. The lowest BCUT2D eigenvalue weighted by atomic mass is 10.1. The summed E-state index contributed by atoms with van der Waals surface area (Å²) in [7, 11) is 0. The number of nitrogens with zero attached hydrogens (tertiary/aromatic N) is 1. The highest BCUT2D eigenvalue weighted by atomic mass is 19.1. The van der Waals surface area contributed by atoms with Crippen molar-refractivity contribution in [1.29, 1.82) is 0 Å². The van der Waals surface area contributed by atoms with Gasteiger partial charge in [-0.15, -0.1) is 0 Å². The van der Waals surface area contributed by atoms with Crippen LogP contribution in [-0.2, 0) is 16.1 Å². The van der Waals surface area contributed by atoms with Gasteiger partial charge in [0.15, 0.2) is 0 Å². The number of rotatable bonds is 5. The number of carbonyl (C=O) groups excluding carboxylic acids is 1. The molecule has 0 aromatic heterocycles. The van der Waals surface area contributed by atoms with Gasteiger partial charge in [0.2, 0.25) is 5.91 Å². The van der Waals surface area contributed by atoms with Crippen molar-refractivity contribution in [2.24, 2.45) is 0 Å². The maximum atomic E-state index is 14.3. The second kappa shape index (κ2) is 7.94. The average Bonchev–Trinajstić information content (AvgIpc) is 2.51. The normalized spacial score (nSPS) is 16.3. The molecule has 0 bridgehead atoms. The van der Waals surface area contributed by atoms with E-state index in [2.05, 4.69) is 5.32 Å². The number of hydrogen-bond donors (Lipinski definition) is 2. The van der Waals surface area contributed by atoms with E-state index in [-0.39, 0.29) is 36.6 Å². The second-order valence-electron chi connectivity index (χ2n) is 7.18. The Morgan fingerprint density at radius 2 is 2.04 bits per heavy atom. The zero-order valence-corrected chi connectivity index (χ0v) is 14.6.